The zero-order chi connectivity index (χ0) is 15.7. The first-order chi connectivity index (χ1) is 10.7. The minimum absolute atomic E-state index is 0.551. The Morgan fingerprint density at radius 1 is 1.00 bits per heavy atom. The molecule has 1 aliphatic carbocycles. The molecule has 0 amide bonds. The largest absolute Gasteiger partial charge is 0.468 e. The molecular weight excluding hydrogens is 280 g/mol. The normalized spacial score (nSPS) is 13.0. The molecule has 0 spiro atoms. The van der Waals surface area contributed by atoms with E-state index in [1.165, 1.54) is 14.2 Å². The zero-order valence-electron chi connectivity index (χ0n) is 12.5. The van der Waals surface area contributed by atoms with Gasteiger partial charge in [-0.25, -0.2) is 0 Å². The van der Waals surface area contributed by atoms with Gasteiger partial charge in [-0.2, -0.15) is 0 Å². The maximum absolute atomic E-state index is 12.0. The van der Waals surface area contributed by atoms with Crippen molar-refractivity contribution in [1.82, 2.24) is 0 Å². The summed E-state index contributed by atoms with van der Waals surface area (Å²) in [6, 6.07) is 12.1. The van der Waals surface area contributed by atoms with Gasteiger partial charge in [-0.3, -0.25) is 9.59 Å². The van der Waals surface area contributed by atoms with Crippen LogP contribution < -0.4 is 0 Å². The molecule has 2 aromatic carbocycles. The van der Waals surface area contributed by atoms with Crippen LogP contribution in [0, 0.1) is 5.92 Å². The quantitative estimate of drug-likeness (QED) is 0.645. The van der Waals surface area contributed by atoms with Crippen LogP contribution in [0.4, 0.5) is 0 Å². The van der Waals surface area contributed by atoms with Gasteiger partial charge in [0.05, 0.1) is 14.2 Å². The maximum atomic E-state index is 12.0. The molecule has 0 aromatic heterocycles. The molecule has 4 heteroatoms. The minimum Gasteiger partial charge on any atom is -0.468 e. The molecule has 3 rings (SSSR count). The Morgan fingerprint density at radius 2 is 1.68 bits per heavy atom. The van der Waals surface area contributed by atoms with Gasteiger partial charge < -0.3 is 9.47 Å². The van der Waals surface area contributed by atoms with Gasteiger partial charge in [0.25, 0.3) is 0 Å². The second-order valence-electron chi connectivity index (χ2n) is 5.23. The van der Waals surface area contributed by atoms with Crippen LogP contribution in [0.3, 0.4) is 0 Å². The lowest BCUT2D eigenvalue weighted by Gasteiger charge is -2.13. The van der Waals surface area contributed by atoms with Crippen molar-refractivity contribution in [3.8, 4) is 0 Å². The van der Waals surface area contributed by atoms with E-state index in [-0.39, 0.29) is 0 Å². The van der Waals surface area contributed by atoms with Crippen molar-refractivity contribution in [2.24, 2.45) is 5.92 Å². The second kappa shape index (κ2) is 5.64. The Labute approximate surface area is 128 Å². The van der Waals surface area contributed by atoms with Gasteiger partial charge in [0.15, 0.2) is 5.92 Å². The van der Waals surface area contributed by atoms with Gasteiger partial charge in [-0.05, 0) is 33.9 Å². The summed E-state index contributed by atoms with van der Waals surface area (Å²) < 4.78 is 9.51. The SMILES string of the molecule is COC(=O)C(C(=O)OC)C1=Cc2c(ccc3ccccc23)C1. The van der Waals surface area contributed by atoms with Crippen molar-refractivity contribution in [2.45, 2.75) is 6.42 Å². The van der Waals surface area contributed by atoms with Gasteiger partial charge in [-0.1, -0.05) is 42.5 Å². The van der Waals surface area contributed by atoms with Gasteiger partial charge >= 0.3 is 11.9 Å². The van der Waals surface area contributed by atoms with Gasteiger partial charge in [0.1, 0.15) is 0 Å². The molecule has 0 saturated carbocycles. The van der Waals surface area contributed by atoms with E-state index < -0.39 is 17.9 Å². The lowest BCUT2D eigenvalue weighted by atomic mass is 9.97. The molecular formula is C18H16O4. The second-order valence-corrected chi connectivity index (χ2v) is 5.23. The summed E-state index contributed by atoms with van der Waals surface area (Å²) in [6.07, 6.45) is 2.46. The third kappa shape index (κ3) is 2.26. The smallest absolute Gasteiger partial charge is 0.324 e. The number of carbonyl (C=O) groups is 2. The predicted octanol–water partition coefficient (Wildman–Crippen LogP) is 2.74. The van der Waals surface area contributed by atoms with Gasteiger partial charge in [-0.15, -0.1) is 0 Å². The van der Waals surface area contributed by atoms with Crippen LogP contribution in [-0.4, -0.2) is 26.2 Å². The third-order valence-electron chi connectivity index (χ3n) is 4.03. The number of hydrogen-bond acceptors (Lipinski definition) is 4. The van der Waals surface area contributed by atoms with Crippen LogP contribution in [-0.2, 0) is 25.5 Å². The van der Waals surface area contributed by atoms with E-state index in [2.05, 4.69) is 6.07 Å². The van der Waals surface area contributed by atoms with Crippen molar-refractivity contribution in [1.29, 1.82) is 0 Å². The molecule has 0 aliphatic heterocycles. The Bertz CT molecular complexity index is 773. The number of fused-ring (bicyclic) bond motifs is 3. The topological polar surface area (TPSA) is 52.6 Å². The fourth-order valence-corrected chi connectivity index (χ4v) is 2.94. The number of hydrogen-bond donors (Lipinski definition) is 0. The van der Waals surface area contributed by atoms with E-state index in [4.69, 9.17) is 9.47 Å². The van der Waals surface area contributed by atoms with Crippen LogP contribution in [0.25, 0.3) is 16.8 Å². The number of methoxy groups -OCH3 is 2. The third-order valence-corrected chi connectivity index (χ3v) is 4.03. The molecule has 0 atom stereocenters. The zero-order valence-corrected chi connectivity index (χ0v) is 12.5. The van der Waals surface area contributed by atoms with E-state index in [1.54, 1.807) is 0 Å². The average Bonchev–Trinajstić information content (AvgIpc) is 2.98. The summed E-state index contributed by atoms with van der Waals surface area (Å²) in [5, 5.41) is 2.25. The minimum atomic E-state index is -0.999. The van der Waals surface area contributed by atoms with Gasteiger partial charge in [0.2, 0.25) is 0 Å². The lowest BCUT2D eigenvalue weighted by Crippen LogP contribution is -2.28. The summed E-state index contributed by atoms with van der Waals surface area (Å²) in [5.41, 5.74) is 2.88. The van der Waals surface area contributed by atoms with Crippen LogP contribution in [0.5, 0.6) is 0 Å². The highest BCUT2D eigenvalue weighted by molar-refractivity contribution is 6.02. The van der Waals surface area contributed by atoms with Crippen molar-refractivity contribution < 1.29 is 19.1 Å². The number of rotatable bonds is 3. The average molecular weight is 296 g/mol. The molecule has 2 aromatic rings. The first-order valence-corrected chi connectivity index (χ1v) is 7.02. The summed E-state index contributed by atoms with van der Waals surface area (Å²) in [7, 11) is 2.55. The first kappa shape index (κ1) is 14.3. The van der Waals surface area contributed by atoms with Crippen molar-refractivity contribution in [2.75, 3.05) is 14.2 Å². The Hall–Kier alpha value is -2.62. The molecule has 112 valence electrons. The number of ether oxygens (including phenoxy) is 2. The summed E-state index contributed by atoms with van der Waals surface area (Å²) in [5.74, 6) is -2.17. The van der Waals surface area contributed by atoms with Crippen LogP contribution in [0.1, 0.15) is 11.1 Å². The van der Waals surface area contributed by atoms with Crippen molar-refractivity contribution in [3.05, 3.63) is 53.1 Å². The first-order valence-electron chi connectivity index (χ1n) is 7.02. The van der Waals surface area contributed by atoms with Crippen LogP contribution in [0.15, 0.2) is 42.0 Å². The van der Waals surface area contributed by atoms with Gasteiger partial charge in [0, 0.05) is 0 Å². The van der Waals surface area contributed by atoms with Crippen LogP contribution in [0.2, 0.25) is 0 Å². The van der Waals surface area contributed by atoms with E-state index in [0.717, 1.165) is 21.9 Å². The highest BCUT2D eigenvalue weighted by atomic mass is 16.5. The summed E-state index contributed by atoms with van der Waals surface area (Å²) in [6.45, 7) is 0. The highest BCUT2D eigenvalue weighted by Gasteiger charge is 2.35. The monoisotopic (exact) mass is 296 g/mol. The number of carbonyl (C=O) groups excluding carboxylic acids is 2. The fourth-order valence-electron chi connectivity index (χ4n) is 2.94. The highest BCUT2D eigenvalue weighted by Crippen LogP contribution is 2.35. The Kier molecular flexibility index (Phi) is 3.67. The molecule has 0 fully saturated rings. The molecule has 0 unspecified atom stereocenters. The van der Waals surface area contributed by atoms with Crippen LogP contribution >= 0.6 is 0 Å². The molecule has 0 radical (unpaired) electrons. The lowest BCUT2D eigenvalue weighted by molar-refractivity contribution is -0.156. The summed E-state index contributed by atoms with van der Waals surface area (Å²) in [4.78, 5) is 23.9. The Morgan fingerprint density at radius 3 is 2.36 bits per heavy atom. The summed E-state index contributed by atoms with van der Waals surface area (Å²) >= 11 is 0. The van der Waals surface area contributed by atoms with Crippen molar-refractivity contribution in [3.63, 3.8) is 0 Å². The number of esters is 2. The molecule has 4 nitrogen and oxygen atoms in total. The van der Waals surface area contributed by atoms with E-state index >= 15 is 0 Å². The molecule has 0 N–H and O–H groups in total. The van der Waals surface area contributed by atoms with E-state index in [0.29, 0.717) is 12.0 Å². The molecule has 0 heterocycles. The molecule has 22 heavy (non-hydrogen) atoms. The molecule has 1 aliphatic rings. The standard InChI is InChI=1S/C18H16O4/c1-21-17(19)16(18(20)22-2)13-9-12-8-7-11-5-3-4-6-14(11)15(12)10-13/h3-8,10,16H,9H2,1-2H3. The number of benzene rings is 2. The molecule has 0 saturated heterocycles. The van der Waals surface area contributed by atoms with E-state index in [9.17, 15) is 9.59 Å². The predicted molar refractivity (Wildman–Crippen MR) is 83.2 cm³/mol. The molecule has 0 bridgehead atoms. The van der Waals surface area contributed by atoms with Crippen molar-refractivity contribution >= 4 is 28.8 Å². The van der Waals surface area contributed by atoms with E-state index in [1.807, 2.05) is 36.4 Å². The Balaban J connectivity index is 2.08. The fraction of sp³-hybridized carbons (Fsp3) is 0.222. The maximum Gasteiger partial charge on any atom is 0.324 e.